The molecule has 1 aliphatic heterocycles. The number of likely N-dealkylation sites (tertiary alicyclic amines) is 1. The molecule has 4 rings (SSSR count). The standard InChI is InChI=1S/C21H29N3O.C9H17NO/c1-4-15-14-17(10-11-19(15)22-2)23-21(25)20-18(12-13-24(20)3)16-8-6-5-7-9-16;1-7(10)9-4-2-8(6-11)3-5-9/h4,10-11,14,16,18,20H,1-2,5-9,12-13H2,3H3,(H,23,25);6-9H,2-5,10H2,1H3/t18-,20+;/m1./s1. The SMILES string of the molecule is C=Cc1cc(NC(=O)[C@@H]2[C@@H](C3CCCCC3)CCN2C)ccc1N=C.CC(N)C1CCC(C=O)CC1. The molecule has 0 aromatic heterocycles. The molecule has 2 saturated carbocycles. The van der Waals surface area contributed by atoms with Crippen LogP contribution in [-0.4, -0.2) is 49.5 Å². The Labute approximate surface area is 217 Å². The van der Waals surface area contributed by atoms with Crippen molar-refractivity contribution >= 4 is 36.4 Å². The molecule has 3 N–H and O–H groups in total. The molecule has 1 aromatic carbocycles. The van der Waals surface area contributed by atoms with Crippen LogP contribution in [-0.2, 0) is 9.59 Å². The molecule has 198 valence electrons. The van der Waals surface area contributed by atoms with E-state index in [1.54, 1.807) is 6.08 Å². The van der Waals surface area contributed by atoms with E-state index in [0.717, 1.165) is 61.9 Å². The van der Waals surface area contributed by atoms with Crippen LogP contribution in [0.15, 0.2) is 29.8 Å². The van der Waals surface area contributed by atoms with Gasteiger partial charge in [0, 0.05) is 23.2 Å². The third-order valence-corrected chi connectivity index (χ3v) is 8.66. The smallest absolute Gasteiger partial charge is 0.242 e. The van der Waals surface area contributed by atoms with Gasteiger partial charge in [-0.15, -0.1) is 0 Å². The molecule has 36 heavy (non-hydrogen) atoms. The van der Waals surface area contributed by atoms with Crippen molar-refractivity contribution in [2.45, 2.75) is 83.2 Å². The number of carbonyl (C=O) groups excluding carboxylic acids is 2. The van der Waals surface area contributed by atoms with Crippen LogP contribution in [0.1, 0.15) is 76.7 Å². The van der Waals surface area contributed by atoms with Crippen LogP contribution in [0, 0.1) is 23.7 Å². The van der Waals surface area contributed by atoms with E-state index in [1.807, 2.05) is 18.2 Å². The molecule has 2 aliphatic carbocycles. The van der Waals surface area contributed by atoms with Crippen molar-refractivity contribution < 1.29 is 9.59 Å². The number of aliphatic imine (C=N–C) groups is 1. The predicted octanol–water partition coefficient (Wildman–Crippen LogP) is 5.84. The van der Waals surface area contributed by atoms with Crippen molar-refractivity contribution in [1.82, 2.24) is 4.90 Å². The monoisotopic (exact) mass is 494 g/mol. The Bertz CT molecular complexity index is 885. The first kappa shape index (κ1) is 28.3. The Balaban J connectivity index is 0.000000275. The molecule has 1 unspecified atom stereocenters. The van der Waals surface area contributed by atoms with Gasteiger partial charge in [0.1, 0.15) is 6.29 Å². The first-order valence-corrected chi connectivity index (χ1v) is 13.8. The maximum absolute atomic E-state index is 13.0. The van der Waals surface area contributed by atoms with Crippen LogP contribution < -0.4 is 11.1 Å². The quantitative estimate of drug-likeness (QED) is 0.368. The van der Waals surface area contributed by atoms with Crippen LogP contribution >= 0.6 is 0 Å². The van der Waals surface area contributed by atoms with E-state index in [4.69, 9.17) is 5.73 Å². The van der Waals surface area contributed by atoms with Crippen LogP contribution in [0.25, 0.3) is 6.08 Å². The number of nitrogens with one attached hydrogen (secondary N) is 1. The van der Waals surface area contributed by atoms with E-state index in [0.29, 0.717) is 29.7 Å². The summed E-state index contributed by atoms with van der Waals surface area (Å²) in [6.45, 7) is 10.5. The summed E-state index contributed by atoms with van der Waals surface area (Å²) in [5, 5.41) is 3.12. The molecular formula is C30H46N4O2. The van der Waals surface area contributed by atoms with Gasteiger partial charge in [-0.2, -0.15) is 0 Å². The Morgan fingerprint density at radius 3 is 2.42 bits per heavy atom. The number of hydrogen-bond donors (Lipinski definition) is 2. The lowest BCUT2D eigenvalue weighted by Gasteiger charge is -2.32. The zero-order valence-electron chi connectivity index (χ0n) is 22.3. The topological polar surface area (TPSA) is 87.8 Å². The molecule has 1 aromatic rings. The minimum atomic E-state index is -0.0208. The Morgan fingerprint density at radius 2 is 1.83 bits per heavy atom. The van der Waals surface area contributed by atoms with Gasteiger partial charge >= 0.3 is 0 Å². The lowest BCUT2D eigenvalue weighted by molar-refractivity contribution is -0.121. The number of rotatable bonds is 7. The maximum Gasteiger partial charge on any atom is 0.242 e. The van der Waals surface area contributed by atoms with Crippen molar-refractivity contribution in [1.29, 1.82) is 0 Å². The molecule has 1 amide bonds. The molecule has 0 radical (unpaired) electrons. The number of nitrogens with two attached hydrogens (primary N) is 1. The minimum absolute atomic E-state index is 0.0208. The number of nitrogens with zero attached hydrogens (tertiary/aromatic N) is 2. The fourth-order valence-electron chi connectivity index (χ4n) is 6.39. The summed E-state index contributed by atoms with van der Waals surface area (Å²) in [5.41, 5.74) is 8.24. The third-order valence-electron chi connectivity index (χ3n) is 8.66. The van der Waals surface area contributed by atoms with Crippen molar-refractivity contribution in [2.24, 2.45) is 34.4 Å². The van der Waals surface area contributed by atoms with E-state index in [9.17, 15) is 9.59 Å². The predicted molar refractivity (Wildman–Crippen MR) is 151 cm³/mol. The number of anilines is 1. The van der Waals surface area contributed by atoms with Gasteiger partial charge in [-0.05, 0) is 95.3 Å². The van der Waals surface area contributed by atoms with Crippen LogP contribution in [0.4, 0.5) is 11.4 Å². The van der Waals surface area contributed by atoms with E-state index in [1.165, 1.54) is 32.1 Å². The first-order chi connectivity index (χ1) is 17.4. The fraction of sp³-hybridized carbons (Fsp3) is 0.633. The van der Waals surface area contributed by atoms with Gasteiger partial charge in [-0.1, -0.05) is 44.8 Å². The summed E-state index contributed by atoms with van der Waals surface area (Å²) in [6, 6.07) is 5.96. The molecule has 0 bridgehead atoms. The van der Waals surface area contributed by atoms with Gasteiger partial charge in [-0.3, -0.25) is 14.7 Å². The molecule has 1 heterocycles. The molecule has 0 spiro atoms. The number of carbonyl (C=O) groups is 2. The molecule has 3 aliphatic rings. The summed E-state index contributed by atoms with van der Waals surface area (Å²) in [5.74, 6) is 2.28. The number of aldehydes is 1. The highest BCUT2D eigenvalue weighted by Crippen LogP contribution is 2.39. The van der Waals surface area contributed by atoms with E-state index in [2.05, 4.69) is 42.5 Å². The van der Waals surface area contributed by atoms with Gasteiger partial charge in [-0.25, -0.2) is 0 Å². The second-order valence-electron chi connectivity index (χ2n) is 11.1. The average molecular weight is 495 g/mol. The summed E-state index contributed by atoms with van der Waals surface area (Å²) >= 11 is 0. The van der Waals surface area contributed by atoms with E-state index >= 15 is 0 Å². The molecule has 3 atom stereocenters. The van der Waals surface area contributed by atoms with Gasteiger partial charge in [0.2, 0.25) is 5.91 Å². The highest BCUT2D eigenvalue weighted by atomic mass is 16.2. The van der Waals surface area contributed by atoms with Crippen molar-refractivity contribution in [3.63, 3.8) is 0 Å². The molecule has 6 nitrogen and oxygen atoms in total. The zero-order chi connectivity index (χ0) is 26.1. The fourth-order valence-corrected chi connectivity index (χ4v) is 6.39. The van der Waals surface area contributed by atoms with Gasteiger partial charge in [0.15, 0.2) is 0 Å². The minimum Gasteiger partial charge on any atom is -0.328 e. The summed E-state index contributed by atoms with van der Waals surface area (Å²) in [7, 11) is 2.08. The van der Waals surface area contributed by atoms with Gasteiger partial charge < -0.3 is 15.8 Å². The van der Waals surface area contributed by atoms with Crippen LogP contribution in [0.3, 0.4) is 0 Å². The maximum atomic E-state index is 13.0. The molecule has 6 heteroatoms. The van der Waals surface area contributed by atoms with Crippen molar-refractivity contribution in [3.8, 4) is 0 Å². The van der Waals surface area contributed by atoms with Crippen molar-refractivity contribution in [3.05, 3.63) is 30.3 Å². The van der Waals surface area contributed by atoms with E-state index in [-0.39, 0.29) is 11.9 Å². The Kier molecular flexibility index (Phi) is 10.9. The highest BCUT2D eigenvalue weighted by molar-refractivity contribution is 5.96. The number of amides is 1. The number of benzene rings is 1. The van der Waals surface area contributed by atoms with Gasteiger partial charge in [0.05, 0.1) is 11.7 Å². The molecule has 3 fully saturated rings. The first-order valence-electron chi connectivity index (χ1n) is 13.8. The van der Waals surface area contributed by atoms with Crippen LogP contribution in [0.5, 0.6) is 0 Å². The summed E-state index contributed by atoms with van der Waals surface area (Å²) in [4.78, 5) is 29.6. The third kappa shape index (κ3) is 7.36. The Hall–Kier alpha value is -2.31. The summed E-state index contributed by atoms with van der Waals surface area (Å²) < 4.78 is 0. The van der Waals surface area contributed by atoms with Gasteiger partial charge in [0.25, 0.3) is 0 Å². The normalized spacial score (nSPS) is 27.9. The van der Waals surface area contributed by atoms with E-state index < -0.39 is 0 Å². The lowest BCUT2D eigenvalue weighted by atomic mass is 9.76. The summed E-state index contributed by atoms with van der Waals surface area (Å²) in [6.07, 6.45) is 14.9. The van der Waals surface area contributed by atoms with Crippen molar-refractivity contribution in [2.75, 3.05) is 18.9 Å². The number of likely N-dealkylation sites (N-methyl/N-ethyl adjacent to an activating group) is 1. The second-order valence-corrected chi connectivity index (χ2v) is 11.1. The van der Waals surface area contributed by atoms with Crippen LogP contribution in [0.2, 0.25) is 0 Å². The average Bonchev–Trinajstić information content (AvgIpc) is 3.30. The zero-order valence-corrected chi connectivity index (χ0v) is 22.3. The largest absolute Gasteiger partial charge is 0.328 e. The number of hydrogen-bond acceptors (Lipinski definition) is 5. The molecular weight excluding hydrogens is 448 g/mol. The second kappa shape index (κ2) is 13.8. The lowest BCUT2D eigenvalue weighted by Crippen LogP contribution is -2.43. The molecule has 1 saturated heterocycles. The Morgan fingerprint density at radius 1 is 1.14 bits per heavy atom. The highest BCUT2D eigenvalue weighted by Gasteiger charge is 2.41.